The molecule has 21 heavy (non-hydrogen) atoms. The summed E-state index contributed by atoms with van der Waals surface area (Å²) in [6, 6.07) is 13.5. The number of anilines is 1. The van der Waals surface area contributed by atoms with E-state index in [1.165, 1.54) is 0 Å². The molecular formula is C16H15Cl2NO2. The van der Waals surface area contributed by atoms with Crippen molar-refractivity contribution in [1.29, 1.82) is 0 Å². The molecule has 3 nitrogen and oxygen atoms in total. The number of rotatable bonds is 4. The third-order valence-corrected chi connectivity index (χ3v) is 3.73. The smallest absolute Gasteiger partial charge is 0.161 e. The van der Waals surface area contributed by atoms with Crippen molar-refractivity contribution in [2.75, 3.05) is 18.5 Å². The molecule has 0 saturated heterocycles. The lowest BCUT2D eigenvalue weighted by Crippen LogP contribution is -2.34. The maximum atomic E-state index is 6.15. The minimum absolute atomic E-state index is 0.0695. The molecule has 3 rings (SSSR count). The first-order valence-electron chi connectivity index (χ1n) is 6.73. The summed E-state index contributed by atoms with van der Waals surface area (Å²) in [6.45, 7) is 1.74. The molecule has 0 aromatic heterocycles. The van der Waals surface area contributed by atoms with Gasteiger partial charge in [0.25, 0.3) is 0 Å². The molecule has 1 N–H and O–H groups in total. The lowest BCUT2D eigenvalue weighted by molar-refractivity contribution is 0.0442. The third kappa shape index (κ3) is 3.62. The molecule has 1 aliphatic rings. The zero-order valence-electron chi connectivity index (χ0n) is 11.3. The van der Waals surface area contributed by atoms with Crippen LogP contribution < -0.4 is 10.1 Å². The number of halogens is 2. The van der Waals surface area contributed by atoms with Gasteiger partial charge in [0.1, 0.15) is 6.10 Å². The van der Waals surface area contributed by atoms with Gasteiger partial charge in [-0.05, 0) is 17.7 Å². The predicted octanol–water partition coefficient (Wildman–Crippen LogP) is 4.38. The molecule has 5 heteroatoms. The monoisotopic (exact) mass is 323 g/mol. The minimum atomic E-state index is -0.0695. The number of hydrogen-bond donors (Lipinski definition) is 1. The van der Waals surface area contributed by atoms with E-state index in [0.717, 1.165) is 11.3 Å². The second-order valence-corrected chi connectivity index (χ2v) is 5.73. The van der Waals surface area contributed by atoms with Crippen molar-refractivity contribution in [2.24, 2.45) is 0 Å². The number of benzene rings is 2. The van der Waals surface area contributed by atoms with Gasteiger partial charge in [-0.15, -0.1) is 0 Å². The van der Waals surface area contributed by atoms with E-state index in [4.69, 9.17) is 32.7 Å². The summed E-state index contributed by atoms with van der Waals surface area (Å²) >= 11 is 12.1. The topological polar surface area (TPSA) is 30.5 Å². The molecule has 0 radical (unpaired) electrons. The SMILES string of the molecule is Clc1cc(Cl)c2c(c1)NCC(COCc1ccccc1)O2. The second-order valence-electron chi connectivity index (χ2n) is 4.89. The number of hydrogen-bond acceptors (Lipinski definition) is 3. The van der Waals surface area contributed by atoms with Gasteiger partial charge in [-0.1, -0.05) is 53.5 Å². The highest BCUT2D eigenvalue weighted by molar-refractivity contribution is 6.36. The highest BCUT2D eigenvalue weighted by atomic mass is 35.5. The maximum Gasteiger partial charge on any atom is 0.161 e. The fourth-order valence-corrected chi connectivity index (χ4v) is 2.76. The summed E-state index contributed by atoms with van der Waals surface area (Å²) in [5.41, 5.74) is 1.97. The van der Waals surface area contributed by atoms with E-state index in [9.17, 15) is 0 Å². The molecule has 1 aliphatic heterocycles. The average Bonchev–Trinajstić information content (AvgIpc) is 2.49. The molecule has 0 amide bonds. The number of fused-ring (bicyclic) bond motifs is 1. The average molecular weight is 324 g/mol. The van der Waals surface area contributed by atoms with Crippen molar-refractivity contribution in [3.63, 3.8) is 0 Å². The molecule has 0 bridgehead atoms. The van der Waals surface area contributed by atoms with Gasteiger partial charge in [0, 0.05) is 5.02 Å². The van der Waals surface area contributed by atoms with Crippen LogP contribution in [0.3, 0.4) is 0 Å². The van der Waals surface area contributed by atoms with Crippen LogP contribution in [0.15, 0.2) is 42.5 Å². The fourth-order valence-electron chi connectivity index (χ4n) is 2.22. The summed E-state index contributed by atoms with van der Waals surface area (Å²) in [7, 11) is 0. The second kappa shape index (κ2) is 6.56. The van der Waals surface area contributed by atoms with Crippen LogP contribution in [0, 0.1) is 0 Å². The molecule has 0 aliphatic carbocycles. The molecule has 1 unspecified atom stereocenters. The van der Waals surface area contributed by atoms with Crippen molar-refractivity contribution >= 4 is 28.9 Å². The molecule has 0 spiro atoms. The van der Waals surface area contributed by atoms with Crippen LogP contribution in [0.4, 0.5) is 5.69 Å². The number of ether oxygens (including phenoxy) is 2. The Morgan fingerprint density at radius 3 is 2.81 bits per heavy atom. The van der Waals surface area contributed by atoms with Gasteiger partial charge in [-0.3, -0.25) is 0 Å². The Kier molecular flexibility index (Phi) is 4.54. The van der Waals surface area contributed by atoms with E-state index in [2.05, 4.69) is 5.32 Å². The Morgan fingerprint density at radius 1 is 1.19 bits per heavy atom. The Hall–Kier alpha value is -1.42. The van der Waals surface area contributed by atoms with Crippen LogP contribution in [0.2, 0.25) is 10.0 Å². The Morgan fingerprint density at radius 2 is 2.00 bits per heavy atom. The molecule has 0 saturated carbocycles. The first-order chi connectivity index (χ1) is 10.2. The Balaban J connectivity index is 1.57. The van der Waals surface area contributed by atoms with Gasteiger partial charge in [0.15, 0.2) is 5.75 Å². The van der Waals surface area contributed by atoms with Crippen LogP contribution in [-0.4, -0.2) is 19.3 Å². The van der Waals surface area contributed by atoms with E-state index in [-0.39, 0.29) is 6.10 Å². The summed E-state index contributed by atoms with van der Waals surface area (Å²) < 4.78 is 11.6. The highest BCUT2D eigenvalue weighted by Gasteiger charge is 2.22. The van der Waals surface area contributed by atoms with Crippen LogP contribution in [0.25, 0.3) is 0 Å². The normalized spacial score (nSPS) is 16.8. The molecule has 0 fully saturated rings. The molecule has 2 aromatic carbocycles. The molecule has 2 aromatic rings. The van der Waals surface area contributed by atoms with Gasteiger partial charge in [0.2, 0.25) is 0 Å². The van der Waals surface area contributed by atoms with Crippen LogP contribution >= 0.6 is 23.2 Å². The predicted molar refractivity (Wildman–Crippen MR) is 85.5 cm³/mol. The van der Waals surface area contributed by atoms with Crippen molar-refractivity contribution in [3.05, 3.63) is 58.1 Å². The Labute approximate surface area is 133 Å². The van der Waals surface area contributed by atoms with Crippen molar-refractivity contribution in [3.8, 4) is 5.75 Å². The summed E-state index contributed by atoms with van der Waals surface area (Å²) in [6.07, 6.45) is -0.0695. The molecule has 1 atom stereocenters. The maximum absolute atomic E-state index is 6.15. The van der Waals surface area contributed by atoms with E-state index in [1.807, 2.05) is 36.4 Å². The van der Waals surface area contributed by atoms with E-state index in [1.54, 1.807) is 6.07 Å². The lowest BCUT2D eigenvalue weighted by atomic mass is 10.2. The standard InChI is InChI=1S/C16H15Cl2NO2/c17-12-6-14(18)16-15(7-12)19-8-13(21-16)10-20-9-11-4-2-1-3-5-11/h1-7,13,19H,8-10H2. The van der Waals surface area contributed by atoms with E-state index < -0.39 is 0 Å². The zero-order chi connectivity index (χ0) is 14.7. The van der Waals surface area contributed by atoms with Crippen LogP contribution in [0.5, 0.6) is 5.75 Å². The van der Waals surface area contributed by atoms with Crippen molar-refractivity contribution < 1.29 is 9.47 Å². The van der Waals surface area contributed by atoms with Crippen molar-refractivity contribution in [2.45, 2.75) is 12.7 Å². The van der Waals surface area contributed by atoms with Crippen LogP contribution in [0.1, 0.15) is 5.56 Å². The minimum Gasteiger partial charge on any atom is -0.482 e. The Bertz CT molecular complexity index is 619. The zero-order valence-corrected chi connectivity index (χ0v) is 12.8. The molecule has 110 valence electrons. The third-order valence-electron chi connectivity index (χ3n) is 3.23. The summed E-state index contributed by atoms with van der Waals surface area (Å²) in [4.78, 5) is 0. The first-order valence-corrected chi connectivity index (χ1v) is 7.49. The van der Waals surface area contributed by atoms with Gasteiger partial charge >= 0.3 is 0 Å². The summed E-state index contributed by atoms with van der Waals surface area (Å²) in [5, 5.41) is 4.37. The largest absolute Gasteiger partial charge is 0.482 e. The van der Waals surface area contributed by atoms with E-state index in [0.29, 0.717) is 35.6 Å². The van der Waals surface area contributed by atoms with E-state index >= 15 is 0 Å². The van der Waals surface area contributed by atoms with Gasteiger partial charge in [0.05, 0.1) is 30.5 Å². The lowest BCUT2D eigenvalue weighted by Gasteiger charge is -2.28. The quantitative estimate of drug-likeness (QED) is 0.905. The van der Waals surface area contributed by atoms with Gasteiger partial charge in [-0.2, -0.15) is 0 Å². The van der Waals surface area contributed by atoms with Gasteiger partial charge in [-0.25, -0.2) is 0 Å². The van der Waals surface area contributed by atoms with Gasteiger partial charge < -0.3 is 14.8 Å². The first kappa shape index (κ1) is 14.5. The molecule has 1 heterocycles. The number of nitrogens with one attached hydrogen (secondary N) is 1. The fraction of sp³-hybridized carbons (Fsp3) is 0.250. The summed E-state index contributed by atoms with van der Waals surface area (Å²) in [5.74, 6) is 0.639. The highest BCUT2D eigenvalue weighted by Crippen LogP contribution is 2.38. The van der Waals surface area contributed by atoms with Crippen molar-refractivity contribution in [1.82, 2.24) is 0 Å². The van der Waals surface area contributed by atoms with Crippen LogP contribution in [-0.2, 0) is 11.3 Å². The molecular weight excluding hydrogens is 309 g/mol.